The molecule has 0 saturated carbocycles. The van der Waals surface area contributed by atoms with Crippen LogP contribution in [-0.4, -0.2) is 19.9 Å². The van der Waals surface area contributed by atoms with Gasteiger partial charge in [-0.1, -0.05) is 41.9 Å². The van der Waals surface area contributed by atoms with Gasteiger partial charge in [0.05, 0.1) is 0 Å². The number of nitrogens with zero attached hydrogens (tertiary/aromatic N) is 4. The molecule has 3 heterocycles. The van der Waals surface area contributed by atoms with Crippen LogP contribution in [0.1, 0.15) is 11.1 Å². The van der Waals surface area contributed by atoms with Gasteiger partial charge in [0.15, 0.2) is 11.0 Å². The lowest BCUT2D eigenvalue weighted by atomic mass is 9.93. The molecule has 0 saturated heterocycles. The summed E-state index contributed by atoms with van der Waals surface area (Å²) in [5.74, 6) is 0. The van der Waals surface area contributed by atoms with E-state index in [9.17, 15) is 0 Å². The van der Waals surface area contributed by atoms with Gasteiger partial charge in [-0.05, 0) is 35.4 Å². The van der Waals surface area contributed by atoms with Gasteiger partial charge in [0.25, 0.3) is 0 Å². The number of nitrogens with one attached hydrogen (secondary N) is 1. The van der Waals surface area contributed by atoms with Gasteiger partial charge in [-0.3, -0.25) is 10.4 Å². The predicted octanol–water partition coefficient (Wildman–Crippen LogP) is 2.10. The molecule has 1 aliphatic rings. The Morgan fingerprint density at radius 2 is 1.54 bits per heavy atom. The second-order valence-electron chi connectivity index (χ2n) is 5.19. The fourth-order valence-corrected chi connectivity index (χ4v) is 3.07. The minimum Gasteiger partial charge on any atom is -0.279 e. The number of allylic oxidation sites excluding steroid dienone is 1. The molecule has 24 heavy (non-hydrogen) atoms. The van der Waals surface area contributed by atoms with Crippen LogP contribution in [0.4, 0.5) is 0 Å². The summed E-state index contributed by atoms with van der Waals surface area (Å²) in [5.41, 5.74) is 7.72. The molecule has 0 atom stereocenters. The smallest absolute Gasteiger partial charge is 0.184 e. The van der Waals surface area contributed by atoms with Gasteiger partial charge >= 0.3 is 0 Å². The fraction of sp³-hybridized carbons (Fsp3) is 0. The maximum absolute atomic E-state index is 6.55. The molecule has 0 amide bonds. The summed E-state index contributed by atoms with van der Waals surface area (Å²) >= 11 is 12.6. The van der Waals surface area contributed by atoms with Crippen LogP contribution < -0.4 is 16.4 Å². The molecule has 0 unspecified atom stereocenters. The zero-order chi connectivity index (χ0) is 16.7. The molecule has 0 aliphatic carbocycles. The predicted molar refractivity (Wildman–Crippen MR) is 95.1 cm³/mol. The Kier molecular flexibility index (Phi) is 3.59. The molecule has 1 N–H and O–H groups in total. The van der Waals surface area contributed by atoms with E-state index >= 15 is 0 Å². The standard InChI is InChI=1S/C17H11Cl2N5/c1-10-21-22-17-15(12-6-8-20-9-7-12)14(16(19)23-24(10)17)11-2-4-13(18)5-3-11/h2-9,23H,1H2. The summed E-state index contributed by atoms with van der Waals surface area (Å²) in [6.45, 7) is 3.87. The highest BCUT2D eigenvalue weighted by Gasteiger charge is 2.23. The van der Waals surface area contributed by atoms with Crippen LogP contribution in [0.3, 0.4) is 0 Å². The molecule has 7 heteroatoms. The Labute approximate surface area is 147 Å². The summed E-state index contributed by atoms with van der Waals surface area (Å²) < 4.78 is 1.66. The van der Waals surface area contributed by atoms with Crippen LogP contribution in [0, 0.1) is 0 Å². The van der Waals surface area contributed by atoms with Crippen molar-refractivity contribution in [2.24, 2.45) is 0 Å². The number of hydrogen-bond donors (Lipinski definition) is 1. The summed E-state index contributed by atoms with van der Waals surface area (Å²) in [6, 6.07) is 11.3. The molecular formula is C17H11Cl2N5. The lowest BCUT2D eigenvalue weighted by Crippen LogP contribution is -2.39. The Balaban J connectivity index is 2.07. The van der Waals surface area contributed by atoms with Crippen molar-refractivity contribution in [2.45, 2.75) is 0 Å². The topological polar surface area (TPSA) is 55.6 Å². The third kappa shape index (κ3) is 2.38. The van der Waals surface area contributed by atoms with Crippen LogP contribution in [-0.2, 0) is 0 Å². The second-order valence-corrected chi connectivity index (χ2v) is 6.01. The lowest BCUT2D eigenvalue weighted by molar-refractivity contribution is 0.858. The van der Waals surface area contributed by atoms with Gasteiger partial charge < -0.3 is 0 Å². The first-order valence-corrected chi connectivity index (χ1v) is 7.89. The summed E-state index contributed by atoms with van der Waals surface area (Å²) in [4.78, 5) is 4.08. The Hall–Kier alpha value is -2.63. The second kappa shape index (κ2) is 5.78. The zero-order valence-corrected chi connectivity index (χ0v) is 13.9. The average molecular weight is 356 g/mol. The van der Waals surface area contributed by atoms with Crippen LogP contribution in [0.15, 0.2) is 53.9 Å². The average Bonchev–Trinajstić information content (AvgIpc) is 2.96. The van der Waals surface area contributed by atoms with Crippen molar-refractivity contribution in [2.75, 3.05) is 5.43 Å². The van der Waals surface area contributed by atoms with E-state index in [0.29, 0.717) is 21.1 Å². The maximum Gasteiger partial charge on any atom is 0.184 e. The number of hydrogen-bond acceptors (Lipinski definition) is 4. The van der Waals surface area contributed by atoms with E-state index in [0.717, 1.165) is 22.3 Å². The SMILES string of the molecule is C=c1nnc2n1NC(Cl)=C(c1ccc(Cl)cc1)C=2c1ccncc1. The first-order chi connectivity index (χ1) is 11.6. The van der Waals surface area contributed by atoms with Crippen LogP contribution >= 0.6 is 23.2 Å². The highest BCUT2D eigenvalue weighted by Crippen LogP contribution is 2.34. The first-order valence-electron chi connectivity index (χ1n) is 7.13. The van der Waals surface area contributed by atoms with Crippen LogP contribution in [0.25, 0.3) is 17.7 Å². The van der Waals surface area contributed by atoms with Crippen LogP contribution in [0.5, 0.6) is 0 Å². The van der Waals surface area contributed by atoms with Gasteiger partial charge in [0, 0.05) is 28.6 Å². The Morgan fingerprint density at radius 1 is 0.875 bits per heavy atom. The van der Waals surface area contributed by atoms with E-state index in [2.05, 4.69) is 27.2 Å². The van der Waals surface area contributed by atoms with E-state index in [1.165, 1.54) is 0 Å². The van der Waals surface area contributed by atoms with Crippen molar-refractivity contribution >= 4 is 40.9 Å². The normalized spacial score (nSPS) is 13.7. The number of rotatable bonds is 2. The van der Waals surface area contributed by atoms with Gasteiger partial charge in [-0.15, -0.1) is 10.2 Å². The molecule has 5 nitrogen and oxygen atoms in total. The molecule has 118 valence electrons. The summed E-state index contributed by atoms with van der Waals surface area (Å²) in [5, 5.41) is 9.42. The monoisotopic (exact) mass is 355 g/mol. The maximum atomic E-state index is 6.55. The fourth-order valence-electron chi connectivity index (χ4n) is 2.65. The molecule has 0 fully saturated rings. The van der Waals surface area contributed by atoms with E-state index < -0.39 is 0 Å². The highest BCUT2D eigenvalue weighted by molar-refractivity contribution is 6.36. The van der Waals surface area contributed by atoms with E-state index in [4.69, 9.17) is 23.2 Å². The molecule has 0 spiro atoms. The number of benzene rings is 1. The van der Waals surface area contributed by atoms with Gasteiger partial charge in [-0.25, -0.2) is 4.68 Å². The molecular weight excluding hydrogens is 345 g/mol. The molecule has 3 aromatic rings. The minimum absolute atomic E-state index is 0.460. The molecule has 4 rings (SSSR count). The molecule has 2 aromatic heterocycles. The number of pyridine rings is 1. The van der Waals surface area contributed by atoms with Gasteiger partial charge in [0.1, 0.15) is 5.16 Å². The quantitative estimate of drug-likeness (QED) is 0.715. The molecule has 1 aliphatic heterocycles. The summed E-state index contributed by atoms with van der Waals surface area (Å²) in [7, 11) is 0. The minimum atomic E-state index is 0.460. The van der Waals surface area contributed by atoms with Crippen molar-refractivity contribution in [3.63, 3.8) is 0 Å². The van der Waals surface area contributed by atoms with E-state index in [1.807, 2.05) is 36.4 Å². The van der Waals surface area contributed by atoms with Gasteiger partial charge in [-0.2, -0.15) is 0 Å². The van der Waals surface area contributed by atoms with Crippen molar-refractivity contribution in [3.05, 3.63) is 81.1 Å². The largest absolute Gasteiger partial charge is 0.279 e. The first kappa shape index (κ1) is 14.9. The number of fused-ring (bicyclic) bond motifs is 1. The molecule has 0 bridgehead atoms. The van der Waals surface area contributed by atoms with Crippen molar-refractivity contribution in [1.29, 1.82) is 0 Å². The summed E-state index contributed by atoms with van der Waals surface area (Å²) in [6.07, 6.45) is 3.45. The Morgan fingerprint density at radius 3 is 2.25 bits per heavy atom. The number of aromatic nitrogens is 4. The van der Waals surface area contributed by atoms with Crippen molar-refractivity contribution in [1.82, 2.24) is 19.9 Å². The lowest BCUT2D eigenvalue weighted by Gasteiger charge is -2.21. The molecule has 0 radical (unpaired) electrons. The highest BCUT2D eigenvalue weighted by atomic mass is 35.5. The molecule has 1 aromatic carbocycles. The third-order valence-electron chi connectivity index (χ3n) is 3.74. The van der Waals surface area contributed by atoms with Crippen molar-refractivity contribution in [3.8, 4) is 0 Å². The zero-order valence-electron chi connectivity index (χ0n) is 12.4. The third-order valence-corrected chi connectivity index (χ3v) is 4.26. The van der Waals surface area contributed by atoms with E-state index in [1.54, 1.807) is 17.1 Å². The van der Waals surface area contributed by atoms with E-state index in [-0.39, 0.29) is 0 Å². The van der Waals surface area contributed by atoms with Crippen molar-refractivity contribution < 1.29 is 0 Å². The Bertz CT molecular complexity index is 1050. The number of halogens is 2. The van der Waals surface area contributed by atoms with Gasteiger partial charge in [0.2, 0.25) is 0 Å². The van der Waals surface area contributed by atoms with Crippen LogP contribution in [0.2, 0.25) is 5.02 Å².